The number of hydrogen-bond acceptors (Lipinski definition) is 4. The quantitative estimate of drug-likeness (QED) is 0.921. The molecule has 0 unspecified atom stereocenters. The van der Waals surface area contributed by atoms with Crippen molar-refractivity contribution >= 4 is 5.91 Å². The van der Waals surface area contributed by atoms with Gasteiger partial charge in [0.05, 0.1) is 11.7 Å². The molecule has 1 amide bonds. The molecule has 0 saturated heterocycles. The van der Waals surface area contributed by atoms with Crippen LogP contribution >= 0.6 is 0 Å². The van der Waals surface area contributed by atoms with Gasteiger partial charge in [-0.2, -0.15) is 0 Å². The van der Waals surface area contributed by atoms with Crippen LogP contribution in [0.2, 0.25) is 0 Å². The number of fused-ring (bicyclic) bond motifs is 1. The maximum Gasteiger partial charge on any atom is 0.289 e. The van der Waals surface area contributed by atoms with Crippen LogP contribution in [0.4, 0.5) is 4.39 Å². The summed E-state index contributed by atoms with van der Waals surface area (Å²) in [6.07, 6.45) is 0.573. The summed E-state index contributed by atoms with van der Waals surface area (Å²) in [7, 11) is 0. The van der Waals surface area contributed by atoms with Crippen molar-refractivity contribution in [3.8, 4) is 5.75 Å². The van der Waals surface area contributed by atoms with E-state index in [1.807, 2.05) is 13.8 Å². The molecular formula is C17H19FN2O3. The van der Waals surface area contributed by atoms with E-state index in [-0.39, 0.29) is 23.5 Å². The molecule has 1 aromatic carbocycles. The van der Waals surface area contributed by atoms with E-state index in [1.165, 1.54) is 12.1 Å². The summed E-state index contributed by atoms with van der Waals surface area (Å²) in [5, 5.41) is 2.95. The van der Waals surface area contributed by atoms with Crippen molar-refractivity contribution in [1.29, 1.82) is 0 Å². The smallest absolute Gasteiger partial charge is 0.289 e. The number of nitrogens with zero attached hydrogens (tertiary/aromatic N) is 1. The Hall–Kier alpha value is -2.37. The molecule has 122 valence electrons. The van der Waals surface area contributed by atoms with Crippen LogP contribution in [0.3, 0.4) is 0 Å². The van der Waals surface area contributed by atoms with Gasteiger partial charge in [0.15, 0.2) is 5.89 Å². The van der Waals surface area contributed by atoms with Crippen LogP contribution in [0.1, 0.15) is 54.0 Å². The molecule has 23 heavy (non-hydrogen) atoms. The number of hydrogen-bond donors (Lipinski definition) is 1. The number of carbonyl (C=O) groups excluding carboxylic acids is 1. The minimum atomic E-state index is -0.509. The van der Waals surface area contributed by atoms with Crippen molar-refractivity contribution in [2.75, 3.05) is 0 Å². The Morgan fingerprint density at radius 2 is 2.13 bits per heavy atom. The summed E-state index contributed by atoms with van der Waals surface area (Å²) in [6, 6.07) is 4.07. The molecule has 2 heterocycles. The van der Waals surface area contributed by atoms with Gasteiger partial charge in [0.2, 0.25) is 5.76 Å². The van der Waals surface area contributed by atoms with Gasteiger partial charge in [0.1, 0.15) is 17.2 Å². The first-order valence-corrected chi connectivity index (χ1v) is 7.48. The molecule has 1 aliphatic rings. The second-order valence-electron chi connectivity index (χ2n) is 6.42. The fourth-order valence-corrected chi connectivity index (χ4v) is 2.92. The van der Waals surface area contributed by atoms with E-state index >= 15 is 0 Å². The zero-order valence-electron chi connectivity index (χ0n) is 13.6. The monoisotopic (exact) mass is 318 g/mol. The summed E-state index contributed by atoms with van der Waals surface area (Å²) in [4.78, 5) is 16.6. The summed E-state index contributed by atoms with van der Waals surface area (Å²) in [6.45, 7) is 7.23. The van der Waals surface area contributed by atoms with E-state index in [4.69, 9.17) is 9.15 Å². The molecule has 0 saturated carbocycles. The van der Waals surface area contributed by atoms with Crippen molar-refractivity contribution in [3.63, 3.8) is 0 Å². The Balaban J connectivity index is 1.91. The second-order valence-corrected chi connectivity index (χ2v) is 6.42. The van der Waals surface area contributed by atoms with E-state index < -0.39 is 5.60 Å². The van der Waals surface area contributed by atoms with Crippen LogP contribution in [0.25, 0.3) is 0 Å². The standard InChI is InChI=1S/C17H19FN2O3/c1-9-15(22-10(2)19-9)16(21)20-13-8-17(3,4)23-14-7-11(18)5-6-12(13)14/h5-7,13H,8H2,1-4H3,(H,20,21)/t13-/m1/s1. The highest BCUT2D eigenvalue weighted by Crippen LogP contribution is 2.39. The number of ether oxygens (including phenoxy) is 1. The third-order valence-electron chi connectivity index (χ3n) is 3.85. The molecule has 0 bridgehead atoms. The van der Waals surface area contributed by atoms with Gasteiger partial charge in [0, 0.05) is 25.0 Å². The molecule has 0 radical (unpaired) electrons. The van der Waals surface area contributed by atoms with Gasteiger partial charge in [-0.05, 0) is 26.8 Å². The lowest BCUT2D eigenvalue weighted by Crippen LogP contribution is -2.41. The highest BCUT2D eigenvalue weighted by Gasteiger charge is 2.35. The molecule has 1 aromatic heterocycles. The topological polar surface area (TPSA) is 64.4 Å². The Kier molecular flexibility index (Phi) is 3.62. The van der Waals surface area contributed by atoms with Crippen LogP contribution in [0, 0.1) is 19.7 Å². The lowest BCUT2D eigenvalue weighted by Gasteiger charge is -2.37. The number of amides is 1. The molecule has 1 aliphatic heterocycles. The van der Waals surface area contributed by atoms with Crippen molar-refractivity contribution in [1.82, 2.24) is 10.3 Å². The van der Waals surface area contributed by atoms with Gasteiger partial charge in [-0.1, -0.05) is 6.07 Å². The molecule has 0 spiro atoms. The first kappa shape index (κ1) is 15.5. The molecule has 0 aliphatic carbocycles. The molecular weight excluding hydrogens is 299 g/mol. The highest BCUT2D eigenvalue weighted by molar-refractivity contribution is 5.92. The maximum atomic E-state index is 13.5. The minimum absolute atomic E-state index is 0.204. The van der Waals surface area contributed by atoms with Gasteiger partial charge in [0.25, 0.3) is 5.91 Å². The number of benzene rings is 1. The van der Waals surface area contributed by atoms with Crippen LogP contribution < -0.4 is 10.1 Å². The normalized spacial score (nSPS) is 18.9. The Morgan fingerprint density at radius 1 is 1.39 bits per heavy atom. The van der Waals surface area contributed by atoms with Gasteiger partial charge < -0.3 is 14.5 Å². The Morgan fingerprint density at radius 3 is 2.78 bits per heavy atom. The number of halogens is 1. The third kappa shape index (κ3) is 3.06. The fourth-order valence-electron chi connectivity index (χ4n) is 2.92. The molecule has 6 heteroatoms. The molecule has 0 fully saturated rings. The average Bonchev–Trinajstić information content (AvgIpc) is 2.75. The van der Waals surface area contributed by atoms with Crippen LogP contribution in [0.15, 0.2) is 22.6 Å². The summed E-state index contributed by atoms with van der Waals surface area (Å²) >= 11 is 0. The Bertz CT molecular complexity index is 767. The van der Waals surface area contributed by atoms with Gasteiger partial charge in [-0.3, -0.25) is 4.79 Å². The predicted molar refractivity (Wildman–Crippen MR) is 81.9 cm³/mol. The predicted octanol–water partition coefficient (Wildman–Crippen LogP) is 3.46. The fraction of sp³-hybridized carbons (Fsp3) is 0.412. The molecule has 2 aromatic rings. The lowest BCUT2D eigenvalue weighted by molar-refractivity contribution is 0.0607. The summed E-state index contributed by atoms with van der Waals surface area (Å²) < 4.78 is 24.6. The van der Waals surface area contributed by atoms with Gasteiger partial charge >= 0.3 is 0 Å². The van der Waals surface area contributed by atoms with E-state index in [0.717, 1.165) is 5.56 Å². The minimum Gasteiger partial charge on any atom is -0.487 e. The lowest BCUT2D eigenvalue weighted by atomic mass is 9.89. The number of nitrogens with one attached hydrogen (secondary N) is 1. The zero-order valence-corrected chi connectivity index (χ0v) is 13.6. The number of oxazole rings is 1. The van der Waals surface area contributed by atoms with E-state index in [2.05, 4.69) is 10.3 Å². The molecule has 1 N–H and O–H groups in total. The highest BCUT2D eigenvalue weighted by atomic mass is 19.1. The van der Waals surface area contributed by atoms with Crippen molar-refractivity contribution in [3.05, 3.63) is 46.9 Å². The number of aryl methyl sites for hydroxylation is 2. The number of aromatic nitrogens is 1. The van der Waals surface area contributed by atoms with Crippen LogP contribution in [0.5, 0.6) is 5.75 Å². The van der Waals surface area contributed by atoms with Crippen molar-refractivity contribution in [2.24, 2.45) is 0 Å². The van der Waals surface area contributed by atoms with E-state index in [0.29, 0.717) is 23.8 Å². The summed E-state index contributed by atoms with van der Waals surface area (Å²) in [5.41, 5.74) is 0.795. The van der Waals surface area contributed by atoms with Crippen molar-refractivity contribution < 1.29 is 18.3 Å². The number of rotatable bonds is 2. The average molecular weight is 318 g/mol. The first-order valence-electron chi connectivity index (χ1n) is 7.48. The van der Waals surface area contributed by atoms with E-state index in [1.54, 1.807) is 19.9 Å². The SMILES string of the molecule is Cc1nc(C)c(C(=O)N[C@@H]2CC(C)(C)Oc3cc(F)ccc32)o1. The third-order valence-corrected chi connectivity index (χ3v) is 3.85. The second kappa shape index (κ2) is 5.37. The number of carbonyl (C=O) groups is 1. The van der Waals surface area contributed by atoms with Crippen LogP contribution in [-0.2, 0) is 0 Å². The molecule has 3 rings (SSSR count). The maximum absolute atomic E-state index is 13.5. The van der Waals surface area contributed by atoms with Crippen LogP contribution in [-0.4, -0.2) is 16.5 Å². The molecule has 1 atom stereocenters. The van der Waals surface area contributed by atoms with Gasteiger partial charge in [-0.25, -0.2) is 9.37 Å². The Labute approximate surface area is 133 Å². The van der Waals surface area contributed by atoms with E-state index in [9.17, 15) is 9.18 Å². The largest absolute Gasteiger partial charge is 0.487 e. The molecule has 5 nitrogen and oxygen atoms in total. The van der Waals surface area contributed by atoms with Gasteiger partial charge in [-0.15, -0.1) is 0 Å². The first-order chi connectivity index (χ1) is 10.7. The zero-order chi connectivity index (χ0) is 16.8. The summed E-state index contributed by atoms with van der Waals surface area (Å²) in [5.74, 6) is 0.407. The van der Waals surface area contributed by atoms with Crippen molar-refractivity contribution in [2.45, 2.75) is 45.8 Å².